The van der Waals surface area contributed by atoms with Crippen LogP contribution in [0.15, 0.2) is 65.5 Å². The Morgan fingerprint density at radius 3 is 2.52 bits per heavy atom. The molecule has 33 heavy (non-hydrogen) atoms. The van der Waals surface area contributed by atoms with Crippen LogP contribution in [0.25, 0.3) is 0 Å². The fourth-order valence-corrected chi connectivity index (χ4v) is 3.84. The minimum atomic E-state index is -4.66. The number of fused-ring (bicyclic) bond motifs is 1. The highest BCUT2D eigenvalue weighted by Crippen LogP contribution is 2.35. The van der Waals surface area contributed by atoms with Crippen LogP contribution < -0.4 is 15.8 Å². The molecule has 7 nitrogen and oxygen atoms in total. The quantitative estimate of drug-likeness (QED) is 0.652. The molecule has 1 aliphatic rings. The number of carbonyl (C=O) groups is 2. The van der Waals surface area contributed by atoms with E-state index in [0.717, 1.165) is 34.1 Å². The topological polar surface area (TPSA) is 84.3 Å². The summed E-state index contributed by atoms with van der Waals surface area (Å²) >= 11 is 0. The van der Waals surface area contributed by atoms with Crippen molar-refractivity contribution in [2.24, 2.45) is 0 Å². The van der Waals surface area contributed by atoms with Crippen molar-refractivity contribution in [2.45, 2.75) is 32.1 Å². The van der Waals surface area contributed by atoms with Gasteiger partial charge in [-0.2, -0.15) is 18.3 Å². The van der Waals surface area contributed by atoms with E-state index in [0.29, 0.717) is 6.42 Å². The van der Waals surface area contributed by atoms with Crippen molar-refractivity contribution in [2.75, 3.05) is 10.2 Å². The van der Waals surface area contributed by atoms with Gasteiger partial charge in [-0.3, -0.25) is 14.4 Å². The summed E-state index contributed by atoms with van der Waals surface area (Å²) in [6.07, 6.45) is -3.99. The first kappa shape index (κ1) is 22.3. The van der Waals surface area contributed by atoms with Gasteiger partial charge in [-0.1, -0.05) is 30.3 Å². The maximum atomic E-state index is 13.2. The van der Waals surface area contributed by atoms with E-state index < -0.39 is 41.3 Å². The van der Waals surface area contributed by atoms with E-state index in [1.165, 1.54) is 18.2 Å². The molecule has 1 N–H and O–H groups in total. The Morgan fingerprint density at radius 1 is 1.06 bits per heavy atom. The van der Waals surface area contributed by atoms with Gasteiger partial charge in [0.1, 0.15) is 12.2 Å². The highest BCUT2D eigenvalue weighted by Gasteiger charge is 2.34. The Morgan fingerprint density at radius 2 is 1.76 bits per heavy atom. The molecule has 0 saturated carbocycles. The van der Waals surface area contributed by atoms with E-state index in [-0.39, 0.29) is 11.7 Å². The van der Waals surface area contributed by atoms with E-state index in [1.807, 2.05) is 31.2 Å². The smallest absolute Gasteiger partial charge is 0.324 e. The number of aromatic nitrogens is 2. The van der Waals surface area contributed by atoms with Gasteiger partial charge in [0.15, 0.2) is 0 Å². The largest absolute Gasteiger partial charge is 0.418 e. The van der Waals surface area contributed by atoms with Gasteiger partial charge in [0, 0.05) is 17.8 Å². The van der Waals surface area contributed by atoms with Crippen LogP contribution in [0.3, 0.4) is 0 Å². The first-order valence-corrected chi connectivity index (χ1v) is 10.1. The van der Waals surface area contributed by atoms with E-state index in [2.05, 4.69) is 10.4 Å². The summed E-state index contributed by atoms with van der Waals surface area (Å²) in [5, 5.41) is 6.17. The zero-order chi connectivity index (χ0) is 23.8. The number of nitrogens with one attached hydrogen (secondary N) is 1. The molecule has 10 heteroatoms. The summed E-state index contributed by atoms with van der Waals surface area (Å²) < 4.78 is 40.2. The molecule has 2 amide bonds. The molecule has 1 aliphatic heterocycles. The highest BCUT2D eigenvalue weighted by molar-refractivity contribution is 6.06. The number of amides is 2. The molecule has 0 spiro atoms. The van der Waals surface area contributed by atoms with Crippen molar-refractivity contribution >= 4 is 23.2 Å². The standard InChI is InChI=1S/C23H19F3N4O3/c1-14-12-15-6-2-5-9-19(15)30(14)22(33)18-10-11-21(32)29(28-18)13-20(31)27-17-8-4-3-7-16(17)23(24,25)26/h2-11,14H,12-13H2,1H3,(H,27,31)/t14-/m1/s1. The summed E-state index contributed by atoms with van der Waals surface area (Å²) in [5.74, 6) is -1.32. The minimum Gasteiger partial charge on any atom is -0.324 e. The molecule has 1 atom stereocenters. The van der Waals surface area contributed by atoms with Crippen molar-refractivity contribution in [3.05, 3.63) is 87.8 Å². The molecule has 4 rings (SSSR count). The molecule has 2 aromatic carbocycles. The van der Waals surface area contributed by atoms with E-state index in [4.69, 9.17) is 0 Å². The lowest BCUT2D eigenvalue weighted by atomic mass is 10.1. The third-order valence-electron chi connectivity index (χ3n) is 5.31. The Bertz CT molecular complexity index is 1290. The van der Waals surface area contributed by atoms with E-state index >= 15 is 0 Å². The molecule has 0 unspecified atom stereocenters. The molecule has 2 heterocycles. The average molecular weight is 456 g/mol. The number of halogens is 3. The number of benzene rings is 2. The predicted molar refractivity (Wildman–Crippen MR) is 115 cm³/mol. The number of anilines is 2. The number of alkyl halides is 3. The number of carbonyl (C=O) groups excluding carboxylic acids is 2. The van der Waals surface area contributed by atoms with Crippen LogP contribution in [0.1, 0.15) is 28.5 Å². The molecule has 0 bridgehead atoms. The Hall–Kier alpha value is -3.95. The van der Waals surface area contributed by atoms with Crippen LogP contribution in [0.4, 0.5) is 24.5 Å². The van der Waals surface area contributed by atoms with Crippen molar-refractivity contribution in [1.29, 1.82) is 0 Å². The molecular weight excluding hydrogens is 437 g/mol. The Balaban J connectivity index is 1.56. The van der Waals surface area contributed by atoms with Crippen LogP contribution in [0.2, 0.25) is 0 Å². The van der Waals surface area contributed by atoms with Crippen LogP contribution in [0, 0.1) is 0 Å². The number of hydrogen-bond donors (Lipinski definition) is 1. The zero-order valence-corrected chi connectivity index (χ0v) is 17.5. The zero-order valence-electron chi connectivity index (χ0n) is 17.5. The second kappa shape index (κ2) is 8.53. The second-order valence-electron chi connectivity index (χ2n) is 7.66. The van der Waals surface area contributed by atoms with Gasteiger partial charge < -0.3 is 10.2 Å². The fourth-order valence-electron chi connectivity index (χ4n) is 3.84. The first-order valence-electron chi connectivity index (χ1n) is 10.1. The van der Waals surface area contributed by atoms with Crippen LogP contribution in [-0.2, 0) is 23.9 Å². The molecule has 3 aromatic rings. The molecule has 0 radical (unpaired) electrons. The minimum absolute atomic E-state index is 0.0540. The number of hydrogen-bond acceptors (Lipinski definition) is 4. The van der Waals surface area contributed by atoms with Crippen molar-refractivity contribution in [1.82, 2.24) is 9.78 Å². The Kier molecular flexibility index (Phi) is 5.75. The molecular formula is C23H19F3N4O3. The van der Waals surface area contributed by atoms with Gasteiger partial charge in [0.25, 0.3) is 11.5 Å². The summed E-state index contributed by atoms with van der Waals surface area (Å²) in [4.78, 5) is 39.3. The SMILES string of the molecule is C[C@@H]1Cc2ccccc2N1C(=O)c1ccc(=O)n(CC(=O)Nc2ccccc2C(F)(F)F)n1. The summed E-state index contributed by atoms with van der Waals surface area (Å²) in [5.41, 5.74) is -0.408. The van der Waals surface area contributed by atoms with Gasteiger partial charge in [-0.05, 0) is 43.2 Å². The molecule has 0 fully saturated rings. The third kappa shape index (κ3) is 4.50. The van der Waals surface area contributed by atoms with Crippen LogP contribution in [-0.4, -0.2) is 27.6 Å². The van der Waals surface area contributed by atoms with E-state index in [1.54, 1.807) is 4.90 Å². The van der Waals surface area contributed by atoms with Gasteiger partial charge in [-0.25, -0.2) is 4.68 Å². The number of rotatable bonds is 4. The lowest BCUT2D eigenvalue weighted by Gasteiger charge is -2.22. The van der Waals surface area contributed by atoms with E-state index in [9.17, 15) is 27.6 Å². The maximum absolute atomic E-state index is 13.2. The number of para-hydroxylation sites is 2. The summed E-state index contributed by atoms with van der Waals surface area (Å²) in [6.45, 7) is 1.23. The number of nitrogens with zero attached hydrogens (tertiary/aromatic N) is 3. The molecule has 1 aromatic heterocycles. The molecule has 0 aliphatic carbocycles. The molecule has 170 valence electrons. The van der Waals surface area contributed by atoms with Crippen LogP contribution >= 0.6 is 0 Å². The monoisotopic (exact) mass is 456 g/mol. The predicted octanol–water partition coefficient (Wildman–Crippen LogP) is 3.49. The van der Waals surface area contributed by atoms with Crippen molar-refractivity contribution in [3.8, 4) is 0 Å². The lowest BCUT2D eigenvalue weighted by molar-refractivity contribution is -0.137. The summed E-state index contributed by atoms with van der Waals surface area (Å²) in [7, 11) is 0. The summed E-state index contributed by atoms with van der Waals surface area (Å²) in [6, 6.07) is 14.2. The van der Waals surface area contributed by atoms with Gasteiger partial charge >= 0.3 is 6.18 Å². The fraction of sp³-hybridized carbons (Fsp3) is 0.217. The van der Waals surface area contributed by atoms with Crippen LogP contribution in [0.5, 0.6) is 0 Å². The highest BCUT2D eigenvalue weighted by atomic mass is 19.4. The van der Waals surface area contributed by atoms with Crippen molar-refractivity contribution in [3.63, 3.8) is 0 Å². The lowest BCUT2D eigenvalue weighted by Crippen LogP contribution is -2.38. The van der Waals surface area contributed by atoms with Gasteiger partial charge in [-0.15, -0.1) is 0 Å². The average Bonchev–Trinajstić information content (AvgIpc) is 3.10. The van der Waals surface area contributed by atoms with Gasteiger partial charge in [0.2, 0.25) is 5.91 Å². The molecule has 0 saturated heterocycles. The van der Waals surface area contributed by atoms with Gasteiger partial charge in [0.05, 0.1) is 11.3 Å². The second-order valence-corrected chi connectivity index (χ2v) is 7.66. The maximum Gasteiger partial charge on any atom is 0.418 e. The van der Waals surface area contributed by atoms with Crippen molar-refractivity contribution < 1.29 is 22.8 Å². The first-order chi connectivity index (χ1) is 15.6. The normalized spacial score (nSPS) is 15.3. The Labute approximate surface area is 186 Å². The third-order valence-corrected chi connectivity index (χ3v) is 5.31.